The van der Waals surface area contributed by atoms with Crippen LogP contribution in [0.3, 0.4) is 0 Å². The largest absolute Gasteiger partial charge is 0.508 e. The Kier molecular flexibility index (Phi) is 3.70. The molecule has 0 radical (unpaired) electrons. The summed E-state index contributed by atoms with van der Waals surface area (Å²) in [5.74, 6) is 0.353. The Morgan fingerprint density at radius 3 is 3.05 bits per heavy atom. The third-order valence-electron chi connectivity index (χ3n) is 3.92. The molecule has 1 aliphatic rings. The third-order valence-corrected chi connectivity index (χ3v) is 3.92. The van der Waals surface area contributed by atoms with Crippen LogP contribution in [0.4, 0.5) is 0 Å². The molecule has 20 heavy (non-hydrogen) atoms. The number of pyridine rings is 1. The van der Waals surface area contributed by atoms with E-state index in [9.17, 15) is 5.11 Å². The van der Waals surface area contributed by atoms with Crippen LogP contribution in [0.5, 0.6) is 5.75 Å². The molecule has 0 aliphatic heterocycles. The van der Waals surface area contributed by atoms with Crippen molar-refractivity contribution < 1.29 is 5.11 Å². The minimum Gasteiger partial charge on any atom is -0.508 e. The molecule has 0 saturated carbocycles. The predicted molar refractivity (Wildman–Crippen MR) is 79.6 cm³/mol. The summed E-state index contributed by atoms with van der Waals surface area (Å²) in [4.78, 5) is 4.52. The minimum atomic E-state index is 0.313. The summed E-state index contributed by atoms with van der Waals surface area (Å²) in [5, 5.41) is 13.3. The lowest BCUT2D eigenvalue weighted by Gasteiger charge is -2.26. The first-order valence-electron chi connectivity index (χ1n) is 7.20. The van der Waals surface area contributed by atoms with E-state index in [0.29, 0.717) is 11.8 Å². The Bertz CT molecular complexity index is 610. The number of benzene rings is 1. The highest BCUT2D eigenvalue weighted by atomic mass is 16.3. The maximum atomic E-state index is 9.69. The zero-order valence-corrected chi connectivity index (χ0v) is 11.8. The van der Waals surface area contributed by atoms with Crippen molar-refractivity contribution in [2.24, 2.45) is 0 Å². The first-order chi connectivity index (χ1) is 9.72. The topological polar surface area (TPSA) is 45.1 Å². The van der Waals surface area contributed by atoms with Crippen molar-refractivity contribution in [2.45, 2.75) is 38.8 Å². The Morgan fingerprint density at radius 1 is 1.30 bits per heavy atom. The van der Waals surface area contributed by atoms with Crippen LogP contribution < -0.4 is 5.32 Å². The lowest BCUT2D eigenvalue weighted by molar-refractivity contribution is 0.444. The smallest absolute Gasteiger partial charge is 0.115 e. The van der Waals surface area contributed by atoms with Crippen molar-refractivity contribution in [3.8, 4) is 5.75 Å². The van der Waals surface area contributed by atoms with E-state index in [-0.39, 0.29) is 0 Å². The molecule has 2 aromatic rings. The van der Waals surface area contributed by atoms with Crippen LogP contribution in [-0.2, 0) is 13.0 Å². The van der Waals surface area contributed by atoms with E-state index in [2.05, 4.69) is 10.3 Å². The van der Waals surface area contributed by atoms with Gasteiger partial charge in [0.15, 0.2) is 0 Å². The van der Waals surface area contributed by atoms with Gasteiger partial charge in [0.2, 0.25) is 0 Å². The number of phenols is 1. The summed E-state index contributed by atoms with van der Waals surface area (Å²) in [6.07, 6.45) is 3.41. The first kappa shape index (κ1) is 13.1. The van der Waals surface area contributed by atoms with Crippen LogP contribution in [0.25, 0.3) is 0 Å². The maximum Gasteiger partial charge on any atom is 0.115 e. The number of rotatable bonds is 3. The fourth-order valence-corrected chi connectivity index (χ4v) is 2.92. The van der Waals surface area contributed by atoms with E-state index in [1.54, 1.807) is 6.07 Å². The fraction of sp³-hybridized carbons (Fsp3) is 0.353. The molecule has 1 unspecified atom stereocenters. The Morgan fingerprint density at radius 2 is 2.20 bits per heavy atom. The Hall–Kier alpha value is -1.87. The van der Waals surface area contributed by atoms with Gasteiger partial charge in [0, 0.05) is 18.3 Å². The monoisotopic (exact) mass is 268 g/mol. The minimum absolute atomic E-state index is 0.313. The second-order valence-corrected chi connectivity index (χ2v) is 5.48. The van der Waals surface area contributed by atoms with Crippen LogP contribution in [0, 0.1) is 6.92 Å². The van der Waals surface area contributed by atoms with Crippen LogP contribution in [0.2, 0.25) is 0 Å². The van der Waals surface area contributed by atoms with Crippen LogP contribution in [0.15, 0.2) is 36.4 Å². The second kappa shape index (κ2) is 5.63. The van der Waals surface area contributed by atoms with Crippen molar-refractivity contribution in [1.82, 2.24) is 10.3 Å². The number of phenolic OH excluding ortho intramolecular Hbond substituents is 1. The summed E-state index contributed by atoms with van der Waals surface area (Å²) >= 11 is 0. The number of aromatic nitrogens is 1. The molecule has 1 aliphatic carbocycles. The highest BCUT2D eigenvalue weighted by Crippen LogP contribution is 2.32. The number of hydrogen-bond donors (Lipinski definition) is 2. The predicted octanol–water partition coefficient (Wildman–Crippen LogP) is 3.26. The van der Waals surface area contributed by atoms with Crippen molar-refractivity contribution in [2.75, 3.05) is 0 Å². The van der Waals surface area contributed by atoms with E-state index in [0.717, 1.165) is 30.8 Å². The lowest BCUT2D eigenvalue weighted by Crippen LogP contribution is -2.25. The normalized spacial score (nSPS) is 17.8. The van der Waals surface area contributed by atoms with Gasteiger partial charge in [-0.05, 0) is 61.6 Å². The number of hydrogen-bond acceptors (Lipinski definition) is 3. The van der Waals surface area contributed by atoms with E-state index in [1.165, 1.54) is 17.5 Å². The van der Waals surface area contributed by atoms with Gasteiger partial charge < -0.3 is 10.4 Å². The molecule has 0 spiro atoms. The van der Waals surface area contributed by atoms with Gasteiger partial charge in [-0.15, -0.1) is 0 Å². The van der Waals surface area contributed by atoms with Gasteiger partial charge in [-0.1, -0.05) is 12.1 Å². The van der Waals surface area contributed by atoms with Gasteiger partial charge >= 0.3 is 0 Å². The molecule has 3 nitrogen and oxygen atoms in total. The molecule has 3 rings (SSSR count). The summed E-state index contributed by atoms with van der Waals surface area (Å²) in [6.45, 7) is 2.78. The zero-order chi connectivity index (χ0) is 13.9. The second-order valence-electron chi connectivity index (χ2n) is 5.48. The third kappa shape index (κ3) is 2.83. The molecular weight excluding hydrogens is 248 g/mol. The van der Waals surface area contributed by atoms with E-state index >= 15 is 0 Å². The molecule has 0 bridgehead atoms. The van der Waals surface area contributed by atoms with Crippen LogP contribution in [0.1, 0.15) is 41.4 Å². The van der Waals surface area contributed by atoms with Gasteiger partial charge in [-0.2, -0.15) is 0 Å². The van der Waals surface area contributed by atoms with Crippen molar-refractivity contribution in [1.29, 1.82) is 0 Å². The van der Waals surface area contributed by atoms with Gasteiger partial charge in [0.05, 0.1) is 5.69 Å². The van der Waals surface area contributed by atoms with Crippen molar-refractivity contribution >= 4 is 0 Å². The summed E-state index contributed by atoms with van der Waals surface area (Å²) in [6, 6.07) is 12.1. The molecule has 1 aromatic heterocycles. The molecule has 1 heterocycles. The number of nitrogens with zero attached hydrogens (tertiary/aromatic N) is 1. The van der Waals surface area contributed by atoms with E-state index in [4.69, 9.17) is 0 Å². The average molecular weight is 268 g/mol. The van der Waals surface area contributed by atoms with Gasteiger partial charge in [-0.25, -0.2) is 0 Å². The SMILES string of the molecule is Cc1cccc(CNC2CCCc3ccc(O)cc32)n1. The summed E-state index contributed by atoms with van der Waals surface area (Å²) < 4.78 is 0. The number of nitrogens with one attached hydrogen (secondary N) is 1. The van der Waals surface area contributed by atoms with Crippen molar-refractivity contribution in [3.63, 3.8) is 0 Å². The molecule has 1 aromatic carbocycles. The molecule has 3 heteroatoms. The fourth-order valence-electron chi connectivity index (χ4n) is 2.92. The highest BCUT2D eigenvalue weighted by molar-refractivity contribution is 5.38. The number of fused-ring (bicyclic) bond motifs is 1. The Labute approximate surface area is 119 Å². The highest BCUT2D eigenvalue weighted by Gasteiger charge is 2.20. The maximum absolute atomic E-state index is 9.69. The lowest BCUT2D eigenvalue weighted by atomic mass is 9.87. The quantitative estimate of drug-likeness (QED) is 0.898. The average Bonchev–Trinajstić information content (AvgIpc) is 2.45. The van der Waals surface area contributed by atoms with Crippen molar-refractivity contribution in [3.05, 3.63) is 58.9 Å². The van der Waals surface area contributed by atoms with Crippen LogP contribution >= 0.6 is 0 Å². The molecule has 0 amide bonds. The molecule has 0 fully saturated rings. The van der Waals surface area contributed by atoms with E-state index < -0.39 is 0 Å². The van der Waals surface area contributed by atoms with E-state index in [1.807, 2.05) is 37.3 Å². The first-order valence-corrected chi connectivity index (χ1v) is 7.20. The molecule has 104 valence electrons. The zero-order valence-electron chi connectivity index (χ0n) is 11.8. The summed E-state index contributed by atoms with van der Waals surface area (Å²) in [7, 11) is 0. The molecule has 1 atom stereocenters. The standard InChI is InChI=1S/C17H20N2O/c1-12-4-2-6-14(19-12)11-18-17-7-3-5-13-8-9-15(20)10-16(13)17/h2,4,6,8-10,17-18,20H,3,5,7,11H2,1H3. The number of aryl methyl sites for hydroxylation is 2. The molecular formula is C17H20N2O. The molecule has 0 saturated heterocycles. The Balaban J connectivity index is 1.75. The van der Waals surface area contributed by atoms with Crippen LogP contribution in [-0.4, -0.2) is 10.1 Å². The molecule has 2 N–H and O–H groups in total. The van der Waals surface area contributed by atoms with Gasteiger partial charge in [-0.3, -0.25) is 4.98 Å². The number of aromatic hydroxyl groups is 1. The van der Waals surface area contributed by atoms with Gasteiger partial charge in [0.1, 0.15) is 5.75 Å². The van der Waals surface area contributed by atoms with Gasteiger partial charge in [0.25, 0.3) is 0 Å². The summed E-state index contributed by atoms with van der Waals surface area (Å²) in [5.41, 5.74) is 4.70.